The molecule has 0 aliphatic carbocycles. The van der Waals surface area contributed by atoms with Gasteiger partial charge < -0.3 is 9.26 Å². The zero-order chi connectivity index (χ0) is 21.7. The molecule has 0 bridgehead atoms. The van der Waals surface area contributed by atoms with Crippen molar-refractivity contribution >= 4 is 21.9 Å². The number of imidazole rings is 1. The third-order valence-corrected chi connectivity index (χ3v) is 5.53. The molecule has 3 heterocycles. The molecule has 0 radical (unpaired) electrons. The molecular formula is C24H19N5O2. The molecule has 0 N–H and O–H groups in total. The lowest BCUT2D eigenvalue weighted by Gasteiger charge is -2.12. The second-order valence-corrected chi connectivity index (χ2v) is 7.41. The largest absolute Gasteiger partial charge is 0.496 e. The molecule has 152 valence electrons. The van der Waals surface area contributed by atoms with Crippen LogP contribution in [0.3, 0.4) is 0 Å². The maximum atomic E-state index is 9.13. The van der Waals surface area contributed by atoms with Crippen LogP contribution >= 0.6 is 0 Å². The van der Waals surface area contributed by atoms with Crippen molar-refractivity contribution in [3.63, 3.8) is 0 Å². The summed E-state index contributed by atoms with van der Waals surface area (Å²) in [5, 5.41) is 14.1. The highest BCUT2D eigenvalue weighted by atomic mass is 16.5. The van der Waals surface area contributed by atoms with E-state index in [2.05, 4.69) is 20.8 Å². The van der Waals surface area contributed by atoms with Gasteiger partial charge in [0, 0.05) is 16.6 Å². The molecule has 5 aromatic rings. The Hall–Kier alpha value is -4.18. The number of hydrogen-bond donors (Lipinski definition) is 0. The van der Waals surface area contributed by atoms with Crippen LogP contribution in [0.25, 0.3) is 38.8 Å². The first-order valence-electron chi connectivity index (χ1n) is 9.81. The molecule has 0 amide bonds. The number of aryl methyl sites for hydroxylation is 3. The number of ether oxygens (including phenoxy) is 1. The fraction of sp³-hybridized carbons (Fsp3) is 0.167. The number of aromatic nitrogens is 4. The average Bonchev–Trinajstić information content (AvgIpc) is 3.30. The Morgan fingerprint density at radius 1 is 1.06 bits per heavy atom. The maximum absolute atomic E-state index is 9.13. The van der Waals surface area contributed by atoms with Crippen molar-refractivity contribution in [3.05, 3.63) is 65.4 Å². The van der Waals surface area contributed by atoms with Gasteiger partial charge in [0.1, 0.15) is 22.9 Å². The van der Waals surface area contributed by atoms with E-state index in [1.54, 1.807) is 25.4 Å². The Morgan fingerprint density at radius 2 is 1.84 bits per heavy atom. The Labute approximate surface area is 178 Å². The predicted molar refractivity (Wildman–Crippen MR) is 117 cm³/mol. The monoisotopic (exact) mass is 409 g/mol. The number of pyridine rings is 1. The summed E-state index contributed by atoms with van der Waals surface area (Å²) in [6.07, 6.45) is 1.79. The molecule has 0 saturated heterocycles. The van der Waals surface area contributed by atoms with Crippen molar-refractivity contribution in [1.29, 1.82) is 5.26 Å². The highest BCUT2D eigenvalue weighted by Gasteiger charge is 2.20. The van der Waals surface area contributed by atoms with Gasteiger partial charge in [0.15, 0.2) is 0 Å². The van der Waals surface area contributed by atoms with Gasteiger partial charge in [0.25, 0.3) is 0 Å². The Morgan fingerprint density at radius 3 is 2.48 bits per heavy atom. The van der Waals surface area contributed by atoms with Gasteiger partial charge >= 0.3 is 0 Å². The Bertz CT molecular complexity index is 1480. The lowest BCUT2D eigenvalue weighted by atomic mass is 10.0. The van der Waals surface area contributed by atoms with E-state index in [4.69, 9.17) is 19.5 Å². The first kappa shape index (κ1) is 18.8. The van der Waals surface area contributed by atoms with E-state index in [1.807, 2.05) is 45.0 Å². The minimum absolute atomic E-state index is 0.614. The standard InChI is InChI=1S/C24H19N5O2/c1-13-23(14(2)31-28-13)19-9-20-18(10-22(19)30-4)24-21(12-26-20)27-15(3)29(24)17-7-5-16(11-25)6-8-17/h5-10,12H,1-4H3. The first-order chi connectivity index (χ1) is 15.0. The number of nitriles is 1. The van der Waals surface area contributed by atoms with E-state index in [1.165, 1.54) is 0 Å². The van der Waals surface area contributed by atoms with Gasteiger partial charge in [0.2, 0.25) is 0 Å². The number of benzene rings is 2. The molecule has 0 spiro atoms. The van der Waals surface area contributed by atoms with Gasteiger partial charge in [-0.3, -0.25) is 9.55 Å². The normalized spacial score (nSPS) is 11.2. The molecule has 0 unspecified atom stereocenters. The van der Waals surface area contributed by atoms with E-state index >= 15 is 0 Å². The molecule has 5 rings (SSSR count). The molecule has 31 heavy (non-hydrogen) atoms. The van der Waals surface area contributed by atoms with Gasteiger partial charge in [-0.2, -0.15) is 5.26 Å². The van der Waals surface area contributed by atoms with E-state index in [-0.39, 0.29) is 0 Å². The zero-order valence-corrected chi connectivity index (χ0v) is 17.6. The van der Waals surface area contributed by atoms with Crippen molar-refractivity contribution < 1.29 is 9.26 Å². The van der Waals surface area contributed by atoms with Gasteiger partial charge in [0.05, 0.1) is 47.2 Å². The van der Waals surface area contributed by atoms with Crippen LogP contribution in [0.15, 0.2) is 47.1 Å². The first-order valence-corrected chi connectivity index (χ1v) is 9.81. The van der Waals surface area contributed by atoms with Gasteiger partial charge in [-0.25, -0.2) is 4.98 Å². The van der Waals surface area contributed by atoms with Crippen molar-refractivity contribution in [2.24, 2.45) is 0 Å². The fourth-order valence-electron chi connectivity index (χ4n) is 4.13. The smallest absolute Gasteiger partial charge is 0.141 e. The highest BCUT2D eigenvalue weighted by molar-refractivity contribution is 6.05. The van der Waals surface area contributed by atoms with E-state index in [0.717, 1.165) is 56.0 Å². The maximum Gasteiger partial charge on any atom is 0.141 e. The van der Waals surface area contributed by atoms with Gasteiger partial charge in [-0.15, -0.1) is 0 Å². The molecule has 0 atom stereocenters. The summed E-state index contributed by atoms with van der Waals surface area (Å²) in [4.78, 5) is 9.37. The number of fused-ring (bicyclic) bond motifs is 3. The molecule has 7 heteroatoms. The summed E-state index contributed by atoms with van der Waals surface area (Å²) >= 11 is 0. The second-order valence-electron chi connectivity index (χ2n) is 7.41. The third-order valence-electron chi connectivity index (χ3n) is 5.53. The SMILES string of the molecule is COc1cc2c(cc1-c1c(C)noc1C)ncc1nc(C)n(-c3ccc(C#N)cc3)c12. The minimum atomic E-state index is 0.614. The number of nitrogens with zero attached hydrogens (tertiary/aromatic N) is 5. The molecule has 3 aromatic heterocycles. The van der Waals surface area contributed by atoms with Crippen LogP contribution in [0.2, 0.25) is 0 Å². The molecule has 0 saturated carbocycles. The lowest BCUT2D eigenvalue weighted by Crippen LogP contribution is -1.98. The minimum Gasteiger partial charge on any atom is -0.496 e. The van der Waals surface area contributed by atoms with E-state index < -0.39 is 0 Å². The lowest BCUT2D eigenvalue weighted by molar-refractivity contribution is 0.393. The van der Waals surface area contributed by atoms with Crippen LogP contribution in [0.1, 0.15) is 22.8 Å². The van der Waals surface area contributed by atoms with Crippen molar-refractivity contribution in [2.75, 3.05) is 7.11 Å². The molecule has 7 nitrogen and oxygen atoms in total. The van der Waals surface area contributed by atoms with Crippen LogP contribution in [0.4, 0.5) is 0 Å². The second kappa shape index (κ2) is 6.96. The highest BCUT2D eigenvalue weighted by Crippen LogP contribution is 2.39. The third kappa shape index (κ3) is 2.84. The molecule has 0 aliphatic rings. The summed E-state index contributed by atoms with van der Waals surface area (Å²) in [6, 6.07) is 13.6. The molecule has 2 aromatic carbocycles. The van der Waals surface area contributed by atoms with E-state index in [0.29, 0.717) is 11.3 Å². The van der Waals surface area contributed by atoms with Crippen molar-refractivity contribution in [1.82, 2.24) is 19.7 Å². The van der Waals surface area contributed by atoms with Crippen molar-refractivity contribution in [3.8, 4) is 28.6 Å². The fourth-order valence-corrected chi connectivity index (χ4v) is 4.13. The predicted octanol–water partition coefficient (Wildman–Crippen LogP) is 5.03. The Kier molecular flexibility index (Phi) is 4.22. The van der Waals surface area contributed by atoms with Crippen LogP contribution in [-0.4, -0.2) is 26.8 Å². The quantitative estimate of drug-likeness (QED) is 0.415. The van der Waals surface area contributed by atoms with Crippen LogP contribution in [0, 0.1) is 32.1 Å². The van der Waals surface area contributed by atoms with Gasteiger partial charge in [-0.05, 0) is 57.2 Å². The van der Waals surface area contributed by atoms with Crippen molar-refractivity contribution in [2.45, 2.75) is 20.8 Å². The number of hydrogen-bond acceptors (Lipinski definition) is 6. The van der Waals surface area contributed by atoms with Crippen LogP contribution in [0.5, 0.6) is 5.75 Å². The topological polar surface area (TPSA) is 89.8 Å². The Balaban J connectivity index is 1.83. The molecular weight excluding hydrogens is 390 g/mol. The summed E-state index contributed by atoms with van der Waals surface area (Å²) in [5.74, 6) is 2.28. The summed E-state index contributed by atoms with van der Waals surface area (Å²) < 4.78 is 13.2. The number of methoxy groups -OCH3 is 1. The summed E-state index contributed by atoms with van der Waals surface area (Å²) in [5.41, 5.74) is 6.70. The van der Waals surface area contributed by atoms with Gasteiger partial charge in [-0.1, -0.05) is 5.16 Å². The average molecular weight is 409 g/mol. The summed E-state index contributed by atoms with van der Waals surface area (Å²) in [6.45, 7) is 5.76. The summed E-state index contributed by atoms with van der Waals surface area (Å²) in [7, 11) is 1.65. The molecule has 0 aliphatic heterocycles. The van der Waals surface area contributed by atoms with Crippen LogP contribution in [-0.2, 0) is 0 Å². The molecule has 0 fully saturated rings. The van der Waals surface area contributed by atoms with Crippen LogP contribution < -0.4 is 4.74 Å². The number of rotatable bonds is 3. The zero-order valence-electron chi connectivity index (χ0n) is 17.6. The van der Waals surface area contributed by atoms with E-state index in [9.17, 15) is 0 Å².